The van der Waals surface area contributed by atoms with Crippen molar-refractivity contribution in [2.75, 3.05) is 24.8 Å². The number of amides is 1. The number of nitrogens with one attached hydrogen (secondary N) is 1. The van der Waals surface area contributed by atoms with Crippen LogP contribution in [-0.4, -0.2) is 41.6 Å². The van der Waals surface area contributed by atoms with Gasteiger partial charge in [0, 0.05) is 11.8 Å². The van der Waals surface area contributed by atoms with E-state index < -0.39 is 17.7 Å². The summed E-state index contributed by atoms with van der Waals surface area (Å²) in [6.45, 7) is 7.12. The first-order valence-electron chi connectivity index (χ1n) is 9.24. The maximum absolute atomic E-state index is 12.0. The topological polar surface area (TPSA) is 126 Å². The van der Waals surface area contributed by atoms with Crippen LogP contribution in [0.2, 0.25) is 5.15 Å². The van der Waals surface area contributed by atoms with Gasteiger partial charge in [0.2, 0.25) is 0 Å². The summed E-state index contributed by atoms with van der Waals surface area (Å²) in [5.41, 5.74) is 6.26. The van der Waals surface area contributed by atoms with Gasteiger partial charge in [-0.05, 0) is 39.8 Å². The molecule has 1 aromatic heterocycles. The van der Waals surface area contributed by atoms with Gasteiger partial charge in [0.1, 0.15) is 11.4 Å². The van der Waals surface area contributed by atoms with E-state index in [4.69, 9.17) is 31.5 Å². The lowest BCUT2D eigenvalue weighted by Gasteiger charge is -2.19. The van der Waals surface area contributed by atoms with Crippen LogP contribution < -0.4 is 15.8 Å². The fourth-order valence-electron chi connectivity index (χ4n) is 2.32. The van der Waals surface area contributed by atoms with Gasteiger partial charge in [-0.25, -0.2) is 9.59 Å². The maximum Gasteiger partial charge on any atom is 0.412 e. The van der Waals surface area contributed by atoms with Crippen molar-refractivity contribution in [3.8, 4) is 17.6 Å². The molecular formula is C21H23ClN4O5. The minimum Gasteiger partial charge on any atom is -0.495 e. The number of methoxy groups -OCH3 is 1. The van der Waals surface area contributed by atoms with E-state index in [1.165, 1.54) is 7.11 Å². The molecule has 0 saturated carbocycles. The van der Waals surface area contributed by atoms with Gasteiger partial charge in [-0.15, -0.1) is 10.2 Å². The molecule has 0 aliphatic rings. The summed E-state index contributed by atoms with van der Waals surface area (Å²) < 4.78 is 15.5. The number of nitrogen functional groups attached to an aromatic ring is 1. The molecule has 0 atom stereocenters. The van der Waals surface area contributed by atoms with E-state index in [0.29, 0.717) is 17.0 Å². The first kappa shape index (κ1) is 23.8. The number of hydrogen-bond donors (Lipinski definition) is 2. The Kier molecular flexibility index (Phi) is 7.67. The molecule has 0 bridgehead atoms. The molecule has 31 heavy (non-hydrogen) atoms. The smallest absolute Gasteiger partial charge is 0.412 e. The van der Waals surface area contributed by atoms with Crippen molar-refractivity contribution in [3.63, 3.8) is 0 Å². The van der Waals surface area contributed by atoms with Crippen molar-refractivity contribution in [1.29, 1.82) is 0 Å². The van der Waals surface area contributed by atoms with Crippen LogP contribution in [0.3, 0.4) is 0 Å². The van der Waals surface area contributed by atoms with Gasteiger partial charge in [-0.3, -0.25) is 5.32 Å². The van der Waals surface area contributed by atoms with Crippen LogP contribution in [0, 0.1) is 11.8 Å². The van der Waals surface area contributed by atoms with Gasteiger partial charge in [-0.2, -0.15) is 0 Å². The molecule has 0 saturated heterocycles. The third kappa shape index (κ3) is 6.49. The summed E-state index contributed by atoms with van der Waals surface area (Å²) in [5, 5.41) is 9.97. The quantitative estimate of drug-likeness (QED) is 0.538. The predicted molar refractivity (Wildman–Crippen MR) is 116 cm³/mol. The fraction of sp³-hybridized carbons (Fsp3) is 0.333. The third-order valence-electron chi connectivity index (χ3n) is 3.61. The van der Waals surface area contributed by atoms with E-state index in [-0.39, 0.29) is 28.7 Å². The molecule has 3 N–H and O–H groups in total. The highest BCUT2D eigenvalue weighted by Gasteiger charge is 2.19. The number of esters is 1. The van der Waals surface area contributed by atoms with E-state index in [2.05, 4.69) is 27.4 Å². The van der Waals surface area contributed by atoms with Crippen molar-refractivity contribution in [2.45, 2.75) is 33.3 Å². The second kappa shape index (κ2) is 10.00. The Hall–Kier alpha value is -3.51. The number of aromatic nitrogens is 2. The van der Waals surface area contributed by atoms with Crippen LogP contribution in [0.15, 0.2) is 18.2 Å². The Bertz CT molecular complexity index is 1050. The molecule has 1 heterocycles. The first-order chi connectivity index (χ1) is 14.6. The first-order valence-corrected chi connectivity index (χ1v) is 9.62. The van der Waals surface area contributed by atoms with Crippen molar-refractivity contribution in [3.05, 3.63) is 40.2 Å². The molecule has 0 aliphatic carbocycles. The van der Waals surface area contributed by atoms with Crippen LogP contribution >= 0.6 is 11.6 Å². The molecule has 1 aromatic carbocycles. The number of benzene rings is 1. The SMILES string of the molecule is CCOC(=O)c1nnc(Cl)c(C#Cc2ccc(NC(=O)OC(C)(C)C)cc2OC)c1N. The standard InChI is InChI=1S/C21H23ClN4O5/c1-6-30-19(27)17-16(23)14(18(22)26-25-17)10-8-12-7-9-13(11-15(12)29-5)24-20(28)31-21(2,3)4/h7,9,11H,6H2,1-5H3,(H2,23,26)(H,24,28). The van der Waals surface area contributed by atoms with Crippen LogP contribution in [0.1, 0.15) is 49.3 Å². The molecule has 0 unspecified atom stereocenters. The average molecular weight is 447 g/mol. The number of carbonyl (C=O) groups excluding carboxylic acids is 2. The second-order valence-electron chi connectivity index (χ2n) is 7.14. The number of nitrogens with zero attached hydrogens (tertiary/aromatic N) is 2. The van der Waals surface area contributed by atoms with Crippen LogP contribution in [-0.2, 0) is 9.47 Å². The van der Waals surface area contributed by atoms with E-state index in [9.17, 15) is 9.59 Å². The van der Waals surface area contributed by atoms with Gasteiger partial charge < -0.3 is 19.9 Å². The molecule has 9 nitrogen and oxygen atoms in total. The van der Waals surface area contributed by atoms with Crippen molar-refractivity contribution < 1.29 is 23.8 Å². The summed E-state index contributed by atoms with van der Waals surface area (Å²) in [7, 11) is 1.46. The van der Waals surface area contributed by atoms with Gasteiger partial charge in [0.15, 0.2) is 10.8 Å². The highest BCUT2D eigenvalue weighted by atomic mass is 35.5. The Morgan fingerprint density at radius 3 is 2.55 bits per heavy atom. The third-order valence-corrected chi connectivity index (χ3v) is 3.87. The van der Waals surface area contributed by atoms with Gasteiger partial charge in [0.25, 0.3) is 0 Å². The summed E-state index contributed by atoms with van der Waals surface area (Å²) in [6.07, 6.45) is -0.595. The molecule has 0 radical (unpaired) electrons. The second-order valence-corrected chi connectivity index (χ2v) is 7.50. The van der Waals surface area contributed by atoms with Gasteiger partial charge in [-0.1, -0.05) is 23.4 Å². The Morgan fingerprint density at radius 2 is 1.94 bits per heavy atom. The highest BCUT2D eigenvalue weighted by molar-refractivity contribution is 6.31. The van der Waals surface area contributed by atoms with Crippen molar-refractivity contribution >= 4 is 35.0 Å². The largest absolute Gasteiger partial charge is 0.495 e. The van der Waals surface area contributed by atoms with Crippen LogP contribution in [0.4, 0.5) is 16.2 Å². The monoisotopic (exact) mass is 446 g/mol. The lowest BCUT2D eigenvalue weighted by molar-refractivity contribution is 0.0518. The van der Waals surface area contributed by atoms with Crippen molar-refractivity contribution in [2.24, 2.45) is 0 Å². The zero-order valence-corrected chi connectivity index (χ0v) is 18.6. The Morgan fingerprint density at radius 1 is 1.23 bits per heavy atom. The van der Waals surface area contributed by atoms with E-state index in [1.54, 1.807) is 45.9 Å². The van der Waals surface area contributed by atoms with Crippen LogP contribution in [0.25, 0.3) is 0 Å². The summed E-state index contributed by atoms with van der Waals surface area (Å²) in [5.74, 6) is 5.34. The van der Waals surface area contributed by atoms with E-state index in [1.807, 2.05) is 0 Å². The van der Waals surface area contributed by atoms with Crippen LogP contribution in [0.5, 0.6) is 5.75 Å². The van der Waals surface area contributed by atoms with Gasteiger partial charge >= 0.3 is 12.1 Å². The number of nitrogens with two attached hydrogens (primary N) is 1. The fourth-order valence-corrected chi connectivity index (χ4v) is 2.51. The molecular weight excluding hydrogens is 424 g/mol. The zero-order valence-electron chi connectivity index (χ0n) is 17.8. The summed E-state index contributed by atoms with van der Waals surface area (Å²) in [6, 6.07) is 4.87. The molecule has 1 amide bonds. The number of ether oxygens (including phenoxy) is 3. The molecule has 2 aromatic rings. The zero-order chi connectivity index (χ0) is 23.2. The summed E-state index contributed by atoms with van der Waals surface area (Å²) >= 11 is 6.06. The molecule has 2 rings (SSSR count). The average Bonchev–Trinajstić information content (AvgIpc) is 2.67. The Labute approximate surface area is 185 Å². The molecule has 0 fully saturated rings. The predicted octanol–water partition coefficient (Wildman–Crippen LogP) is 3.64. The van der Waals surface area contributed by atoms with Gasteiger partial charge in [0.05, 0.1) is 30.5 Å². The minimum absolute atomic E-state index is 0.0341. The lowest BCUT2D eigenvalue weighted by atomic mass is 10.1. The number of carbonyl (C=O) groups is 2. The summed E-state index contributed by atoms with van der Waals surface area (Å²) in [4.78, 5) is 23.9. The van der Waals surface area contributed by atoms with E-state index >= 15 is 0 Å². The Balaban J connectivity index is 2.34. The van der Waals surface area contributed by atoms with Crippen molar-refractivity contribution in [1.82, 2.24) is 10.2 Å². The lowest BCUT2D eigenvalue weighted by Crippen LogP contribution is -2.27. The highest BCUT2D eigenvalue weighted by Crippen LogP contribution is 2.25. The number of anilines is 2. The molecule has 0 aliphatic heterocycles. The minimum atomic E-state index is -0.720. The molecule has 10 heteroatoms. The molecule has 164 valence electrons. The number of halogens is 1. The number of hydrogen-bond acceptors (Lipinski definition) is 8. The maximum atomic E-state index is 12.0. The normalized spacial score (nSPS) is 10.5. The molecule has 0 spiro atoms. The number of rotatable bonds is 4. The van der Waals surface area contributed by atoms with E-state index in [0.717, 1.165) is 0 Å².